The van der Waals surface area contributed by atoms with Gasteiger partial charge in [-0.1, -0.05) is 12.1 Å². The maximum absolute atomic E-state index is 11.9. The normalized spacial score (nSPS) is 10.0. The number of hydrogen-bond acceptors (Lipinski definition) is 4. The van der Waals surface area contributed by atoms with Gasteiger partial charge in [-0.05, 0) is 42.7 Å². The number of nitrogens with zero attached hydrogens (tertiary/aromatic N) is 2. The van der Waals surface area contributed by atoms with Gasteiger partial charge in [-0.2, -0.15) is 5.26 Å². The highest BCUT2D eigenvalue weighted by Crippen LogP contribution is 2.05. The van der Waals surface area contributed by atoms with Crippen LogP contribution in [0.2, 0.25) is 0 Å². The van der Waals surface area contributed by atoms with Crippen molar-refractivity contribution in [3.05, 3.63) is 65.5 Å². The average molecular weight is 280 g/mol. The average Bonchev–Trinajstić information content (AvgIpc) is 2.55. The van der Waals surface area contributed by atoms with E-state index in [1.54, 1.807) is 36.7 Å². The van der Waals surface area contributed by atoms with E-state index >= 15 is 0 Å². The first-order valence-electron chi connectivity index (χ1n) is 6.79. The predicted octanol–water partition coefficient (Wildman–Crippen LogP) is 2.79. The molecule has 4 nitrogen and oxygen atoms in total. The van der Waals surface area contributed by atoms with Crippen molar-refractivity contribution in [3.8, 4) is 6.07 Å². The van der Waals surface area contributed by atoms with E-state index in [1.165, 1.54) is 5.56 Å². The standard InChI is InChI=1S/C17H16N2O2/c18-12-15-3-5-16(6-4-15)17(20)13-21-11-1-2-14-7-9-19-10-8-14/h3-10H,1-2,11,13H2. The molecular formula is C17H16N2O2. The molecule has 0 N–H and O–H groups in total. The summed E-state index contributed by atoms with van der Waals surface area (Å²) in [7, 11) is 0. The zero-order valence-corrected chi connectivity index (χ0v) is 11.7. The lowest BCUT2D eigenvalue weighted by atomic mass is 10.1. The van der Waals surface area contributed by atoms with Crippen molar-refractivity contribution in [2.24, 2.45) is 0 Å². The van der Waals surface area contributed by atoms with E-state index in [9.17, 15) is 4.79 Å². The van der Waals surface area contributed by atoms with Crippen LogP contribution in [0.3, 0.4) is 0 Å². The number of aryl methyl sites for hydroxylation is 1. The number of carbonyl (C=O) groups excluding carboxylic acids is 1. The number of ketones is 1. The third kappa shape index (κ3) is 4.83. The van der Waals surface area contributed by atoms with Crippen LogP contribution < -0.4 is 0 Å². The summed E-state index contributed by atoms with van der Waals surface area (Å²) < 4.78 is 5.40. The zero-order chi connectivity index (χ0) is 14.9. The summed E-state index contributed by atoms with van der Waals surface area (Å²) in [4.78, 5) is 15.8. The fourth-order valence-corrected chi connectivity index (χ4v) is 1.91. The smallest absolute Gasteiger partial charge is 0.188 e. The Kier molecular flexibility index (Phi) is 5.62. The van der Waals surface area contributed by atoms with Crippen molar-refractivity contribution in [1.29, 1.82) is 5.26 Å². The van der Waals surface area contributed by atoms with Crippen LogP contribution in [0, 0.1) is 11.3 Å². The molecule has 0 aliphatic rings. The number of benzene rings is 1. The lowest BCUT2D eigenvalue weighted by Crippen LogP contribution is -2.10. The number of hydrogen-bond donors (Lipinski definition) is 0. The Morgan fingerprint density at radius 2 is 1.86 bits per heavy atom. The number of nitriles is 1. The third-order valence-electron chi connectivity index (χ3n) is 3.07. The van der Waals surface area contributed by atoms with Crippen molar-refractivity contribution in [3.63, 3.8) is 0 Å². The van der Waals surface area contributed by atoms with E-state index in [-0.39, 0.29) is 12.4 Å². The van der Waals surface area contributed by atoms with Gasteiger partial charge < -0.3 is 4.74 Å². The molecule has 0 radical (unpaired) electrons. The minimum atomic E-state index is -0.0663. The number of rotatable bonds is 7. The number of pyridine rings is 1. The number of carbonyl (C=O) groups is 1. The Bertz CT molecular complexity index is 615. The van der Waals surface area contributed by atoms with Crippen LogP contribution in [0.1, 0.15) is 27.9 Å². The minimum Gasteiger partial charge on any atom is -0.373 e. The first-order chi connectivity index (χ1) is 10.3. The maximum atomic E-state index is 11.9. The molecule has 2 rings (SSSR count). The van der Waals surface area contributed by atoms with Crippen LogP contribution in [0.15, 0.2) is 48.8 Å². The summed E-state index contributed by atoms with van der Waals surface area (Å²) in [6.07, 6.45) is 5.31. The van der Waals surface area contributed by atoms with Crippen LogP contribution in [0.25, 0.3) is 0 Å². The Morgan fingerprint density at radius 3 is 2.52 bits per heavy atom. The molecular weight excluding hydrogens is 264 g/mol. The summed E-state index contributed by atoms with van der Waals surface area (Å²) in [5, 5.41) is 8.70. The maximum Gasteiger partial charge on any atom is 0.188 e. The molecule has 0 saturated heterocycles. The van der Waals surface area contributed by atoms with Crippen molar-refractivity contribution < 1.29 is 9.53 Å². The second-order valence-electron chi connectivity index (χ2n) is 4.62. The van der Waals surface area contributed by atoms with Crippen molar-refractivity contribution in [2.75, 3.05) is 13.2 Å². The zero-order valence-electron chi connectivity index (χ0n) is 11.7. The van der Waals surface area contributed by atoms with Gasteiger partial charge in [-0.3, -0.25) is 9.78 Å². The fourth-order valence-electron chi connectivity index (χ4n) is 1.91. The molecule has 0 fully saturated rings. The fraction of sp³-hybridized carbons (Fsp3) is 0.235. The highest BCUT2D eigenvalue weighted by molar-refractivity contribution is 5.97. The van der Waals surface area contributed by atoms with E-state index in [2.05, 4.69) is 4.98 Å². The molecule has 21 heavy (non-hydrogen) atoms. The lowest BCUT2D eigenvalue weighted by molar-refractivity contribution is 0.0756. The van der Waals surface area contributed by atoms with Crippen LogP contribution in [0.4, 0.5) is 0 Å². The van der Waals surface area contributed by atoms with Crippen molar-refractivity contribution in [2.45, 2.75) is 12.8 Å². The molecule has 106 valence electrons. The molecule has 0 aliphatic carbocycles. The molecule has 0 spiro atoms. The number of aromatic nitrogens is 1. The Balaban J connectivity index is 1.68. The van der Waals surface area contributed by atoms with Gasteiger partial charge in [0.05, 0.1) is 11.6 Å². The largest absolute Gasteiger partial charge is 0.373 e. The summed E-state index contributed by atoms with van der Waals surface area (Å²) >= 11 is 0. The summed E-state index contributed by atoms with van der Waals surface area (Å²) in [6.45, 7) is 0.618. The predicted molar refractivity (Wildman–Crippen MR) is 78.9 cm³/mol. The van der Waals surface area contributed by atoms with Gasteiger partial charge in [0.25, 0.3) is 0 Å². The highest BCUT2D eigenvalue weighted by Gasteiger charge is 2.05. The van der Waals surface area contributed by atoms with Gasteiger partial charge in [-0.15, -0.1) is 0 Å². The van der Waals surface area contributed by atoms with Crippen LogP contribution in [-0.4, -0.2) is 24.0 Å². The molecule has 0 bridgehead atoms. The highest BCUT2D eigenvalue weighted by atomic mass is 16.5. The molecule has 4 heteroatoms. The molecule has 0 saturated carbocycles. The molecule has 0 amide bonds. The van der Waals surface area contributed by atoms with Gasteiger partial charge in [0.1, 0.15) is 6.61 Å². The quantitative estimate of drug-likeness (QED) is 0.578. The van der Waals surface area contributed by atoms with E-state index in [0.717, 1.165) is 12.8 Å². The summed E-state index contributed by atoms with van der Waals surface area (Å²) in [6, 6.07) is 12.5. The SMILES string of the molecule is N#Cc1ccc(C(=O)COCCCc2ccncc2)cc1. The number of ether oxygens (including phenoxy) is 1. The van der Waals surface area contributed by atoms with E-state index < -0.39 is 0 Å². The molecule has 0 atom stereocenters. The van der Waals surface area contributed by atoms with E-state index in [0.29, 0.717) is 17.7 Å². The van der Waals surface area contributed by atoms with Crippen LogP contribution in [0.5, 0.6) is 0 Å². The molecule has 0 aliphatic heterocycles. The van der Waals surface area contributed by atoms with Crippen molar-refractivity contribution >= 4 is 5.78 Å². The number of Topliss-reactive ketones (excluding diaryl/α,β-unsaturated/α-hetero) is 1. The molecule has 2 aromatic rings. The van der Waals surface area contributed by atoms with Gasteiger partial charge in [0.2, 0.25) is 0 Å². The van der Waals surface area contributed by atoms with Gasteiger partial charge in [-0.25, -0.2) is 0 Å². The Hall–Kier alpha value is -2.51. The molecule has 1 aromatic heterocycles. The summed E-state index contributed by atoms with van der Waals surface area (Å²) in [5.41, 5.74) is 2.33. The molecule has 1 heterocycles. The van der Waals surface area contributed by atoms with E-state index in [4.69, 9.17) is 10.00 Å². The summed E-state index contributed by atoms with van der Waals surface area (Å²) in [5.74, 6) is -0.0663. The van der Waals surface area contributed by atoms with Gasteiger partial charge in [0.15, 0.2) is 5.78 Å². The Morgan fingerprint density at radius 1 is 1.14 bits per heavy atom. The molecule has 0 unspecified atom stereocenters. The van der Waals surface area contributed by atoms with Crippen LogP contribution in [-0.2, 0) is 11.2 Å². The second-order valence-corrected chi connectivity index (χ2v) is 4.62. The first kappa shape index (κ1) is 14.9. The second kappa shape index (κ2) is 7.93. The Labute approximate surface area is 124 Å². The topological polar surface area (TPSA) is 63.0 Å². The van der Waals surface area contributed by atoms with E-state index in [1.807, 2.05) is 18.2 Å². The van der Waals surface area contributed by atoms with Crippen molar-refractivity contribution in [1.82, 2.24) is 4.98 Å². The monoisotopic (exact) mass is 280 g/mol. The lowest BCUT2D eigenvalue weighted by Gasteiger charge is -2.04. The molecule has 1 aromatic carbocycles. The van der Waals surface area contributed by atoms with Gasteiger partial charge >= 0.3 is 0 Å². The first-order valence-corrected chi connectivity index (χ1v) is 6.79. The van der Waals surface area contributed by atoms with Gasteiger partial charge in [0, 0.05) is 24.6 Å². The van der Waals surface area contributed by atoms with Crippen LogP contribution >= 0.6 is 0 Å². The third-order valence-corrected chi connectivity index (χ3v) is 3.07. The minimum absolute atomic E-state index is 0.0663.